The fourth-order valence-corrected chi connectivity index (χ4v) is 3.36. The highest BCUT2D eigenvalue weighted by Crippen LogP contribution is 2.33. The van der Waals surface area contributed by atoms with Crippen molar-refractivity contribution in [1.29, 1.82) is 0 Å². The number of hydrogen-bond acceptors (Lipinski definition) is 3. The topological polar surface area (TPSA) is 58.6 Å². The SMILES string of the molecule is Cc1ccc2c(c1)C(NC(=O)C1CC(=O)N(C(C)C)C1)CCO2. The predicted molar refractivity (Wildman–Crippen MR) is 87.1 cm³/mol. The van der Waals surface area contributed by atoms with Gasteiger partial charge in [0.25, 0.3) is 0 Å². The zero-order valence-electron chi connectivity index (χ0n) is 14.0. The summed E-state index contributed by atoms with van der Waals surface area (Å²) in [6, 6.07) is 6.16. The van der Waals surface area contributed by atoms with Crippen LogP contribution in [0.1, 0.15) is 43.9 Å². The second-order valence-corrected chi connectivity index (χ2v) is 6.78. The summed E-state index contributed by atoms with van der Waals surface area (Å²) in [5, 5.41) is 3.13. The van der Waals surface area contributed by atoms with Gasteiger partial charge in [-0.1, -0.05) is 17.7 Å². The third-order valence-corrected chi connectivity index (χ3v) is 4.67. The zero-order chi connectivity index (χ0) is 16.6. The van der Waals surface area contributed by atoms with Crippen molar-refractivity contribution in [2.75, 3.05) is 13.2 Å². The Morgan fingerprint density at radius 2 is 2.17 bits per heavy atom. The maximum atomic E-state index is 12.6. The third kappa shape index (κ3) is 3.19. The van der Waals surface area contributed by atoms with Crippen molar-refractivity contribution in [3.8, 4) is 5.75 Å². The van der Waals surface area contributed by atoms with Gasteiger partial charge in [-0.3, -0.25) is 9.59 Å². The molecule has 1 aromatic rings. The van der Waals surface area contributed by atoms with Gasteiger partial charge in [-0.05, 0) is 26.8 Å². The van der Waals surface area contributed by atoms with Crippen LogP contribution in [0.25, 0.3) is 0 Å². The van der Waals surface area contributed by atoms with E-state index >= 15 is 0 Å². The molecule has 2 atom stereocenters. The number of benzene rings is 1. The molecule has 5 nitrogen and oxygen atoms in total. The van der Waals surface area contributed by atoms with Crippen LogP contribution in [0.5, 0.6) is 5.75 Å². The monoisotopic (exact) mass is 316 g/mol. The standard InChI is InChI=1S/C18H24N2O3/c1-11(2)20-10-13(9-17(20)21)18(22)19-15-6-7-23-16-5-4-12(3)8-14(15)16/h4-5,8,11,13,15H,6-7,9-10H2,1-3H3,(H,19,22). The van der Waals surface area contributed by atoms with E-state index in [1.165, 1.54) is 0 Å². The van der Waals surface area contributed by atoms with Crippen molar-refractivity contribution in [3.05, 3.63) is 29.3 Å². The highest BCUT2D eigenvalue weighted by atomic mass is 16.5. The molecule has 2 amide bonds. The fourth-order valence-electron chi connectivity index (χ4n) is 3.36. The normalized spacial score (nSPS) is 23.7. The van der Waals surface area contributed by atoms with Crippen molar-refractivity contribution >= 4 is 11.8 Å². The van der Waals surface area contributed by atoms with Gasteiger partial charge in [0, 0.05) is 31.0 Å². The van der Waals surface area contributed by atoms with Gasteiger partial charge in [-0.2, -0.15) is 0 Å². The molecule has 23 heavy (non-hydrogen) atoms. The van der Waals surface area contributed by atoms with Crippen LogP contribution >= 0.6 is 0 Å². The molecule has 1 saturated heterocycles. The lowest BCUT2D eigenvalue weighted by Crippen LogP contribution is -2.38. The van der Waals surface area contributed by atoms with E-state index in [2.05, 4.69) is 11.4 Å². The largest absolute Gasteiger partial charge is 0.493 e. The maximum Gasteiger partial charge on any atom is 0.225 e. The van der Waals surface area contributed by atoms with Crippen LogP contribution < -0.4 is 10.1 Å². The minimum absolute atomic E-state index is 0.0270. The van der Waals surface area contributed by atoms with Gasteiger partial charge in [-0.15, -0.1) is 0 Å². The van der Waals surface area contributed by atoms with Gasteiger partial charge >= 0.3 is 0 Å². The molecular formula is C18H24N2O3. The molecule has 0 saturated carbocycles. The Hall–Kier alpha value is -2.04. The van der Waals surface area contributed by atoms with Gasteiger partial charge in [-0.25, -0.2) is 0 Å². The van der Waals surface area contributed by atoms with E-state index in [9.17, 15) is 9.59 Å². The van der Waals surface area contributed by atoms with E-state index in [4.69, 9.17) is 4.74 Å². The van der Waals surface area contributed by atoms with Crippen LogP contribution in [-0.4, -0.2) is 35.9 Å². The summed E-state index contributed by atoms with van der Waals surface area (Å²) in [7, 11) is 0. The van der Waals surface area contributed by atoms with Crippen molar-refractivity contribution in [2.45, 2.75) is 45.7 Å². The molecule has 0 aliphatic carbocycles. The molecule has 1 fully saturated rings. The number of nitrogens with zero attached hydrogens (tertiary/aromatic N) is 1. The van der Waals surface area contributed by atoms with Crippen molar-refractivity contribution in [3.63, 3.8) is 0 Å². The molecule has 5 heteroatoms. The van der Waals surface area contributed by atoms with Crippen LogP contribution in [0, 0.1) is 12.8 Å². The number of fused-ring (bicyclic) bond motifs is 1. The van der Waals surface area contributed by atoms with Crippen molar-refractivity contribution < 1.29 is 14.3 Å². The van der Waals surface area contributed by atoms with Gasteiger partial charge in [0.2, 0.25) is 11.8 Å². The molecule has 1 N–H and O–H groups in total. The second-order valence-electron chi connectivity index (χ2n) is 6.78. The molecule has 0 spiro atoms. The number of nitrogens with one attached hydrogen (secondary N) is 1. The molecule has 124 valence electrons. The summed E-state index contributed by atoms with van der Waals surface area (Å²) in [4.78, 5) is 26.4. The number of hydrogen-bond donors (Lipinski definition) is 1. The molecule has 2 aliphatic heterocycles. The summed E-state index contributed by atoms with van der Waals surface area (Å²) in [5.74, 6) is 0.642. The van der Waals surface area contributed by atoms with Crippen LogP contribution in [0.3, 0.4) is 0 Å². The fraction of sp³-hybridized carbons (Fsp3) is 0.556. The Bertz CT molecular complexity index is 627. The molecule has 0 bridgehead atoms. The number of ether oxygens (including phenoxy) is 1. The van der Waals surface area contributed by atoms with Crippen molar-refractivity contribution in [2.24, 2.45) is 5.92 Å². The Morgan fingerprint density at radius 3 is 2.87 bits per heavy atom. The Morgan fingerprint density at radius 1 is 1.39 bits per heavy atom. The number of carbonyl (C=O) groups is 2. The lowest BCUT2D eigenvalue weighted by Gasteiger charge is -2.28. The lowest BCUT2D eigenvalue weighted by molar-refractivity contribution is -0.130. The highest BCUT2D eigenvalue weighted by Gasteiger charge is 2.36. The molecular weight excluding hydrogens is 292 g/mol. The Labute approximate surface area is 137 Å². The highest BCUT2D eigenvalue weighted by molar-refractivity contribution is 5.89. The van der Waals surface area contributed by atoms with E-state index in [1.54, 1.807) is 4.90 Å². The van der Waals surface area contributed by atoms with Crippen LogP contribution in [0.2, 0.25) is 0 Å². The van der Waals surface area contributed by atoms with Gasteiger partial charge < -0.3 is 15.0 Å². The Kier molecular flexibility index (Phi) is 4.28. The summed E-state index contributed by atoms with van der Waals surface area (Å²) >= 11 is 0. The summed E-state index contributed by atoms with van der Waals surface area (Å²) in [6.07, 6.45) is 1.07. The minimum Gasteiger partial charge on any atom is -0.493 e. The molecule has 1 aromatic carbocycles. The predicted octanol–water partition coefficient (Wildman–Crippen LogP) is 2.19. The van der Waals surface area contributed by atoms with E-state index in [0.29, 0.717) is 19.6 Å². The average Bonchev–Trinajstić information content (AvgIpc) is 2.90. The first kappa shape index (κ1) is 15.8. The Balaban J connectivity index is 1.70. The molecule has 3 rings (SSSR count). The zero-order valence-corrected chi connectivity index (χ0v) is 14.0. The maximum absolute atomic E-state index is 12.6. The third-order valence-electron chi connectivity index (χ3n) is 4.67. The smallest absolute Gasteiger partial charge is 0.225 e. The molecule has 0 radical (unpaired) electrons. The van der Waals surface area contributed by atoms with E-state index < -0.39 is 0 Å². The summed E-state index contributed by atoms with van der Waals surface area (Å²) < 4.78 is 5.67. The second kappa shape index (κ2) is 6.22. The average molecular weight is 316 g/mol. The van der Waals surface area contributed by atoms with Crippen molar-refractivity contribution in [1.82, 2.24) is 10.2 Å². The quantitative estimate of drug-likeness (QED) is 0.930. The molecule has 2 aliphatic rings. The van der Waals surface area contributed by atoms with Gasteiger partial charge in [0.1, 0.15) is 5.75 Å². The van der Waals surface area contributed by atoms with Crippen LogP contribution in [-0.2, 0) is 9.59 Å². The van der Waals surface area contributed by atoms with Gasteiger partial charge in [0.15, 0.2) is 0 Å². The number of likely N-dealkylation sites (tertiary alicyclic amines) is 1. The number of aryl methyl sites for hydroxylation is 1. The minimum atomic E-state index is -0.249. The number of amides is 2. The van der Waals surface area contributed by atoms with Crippen LogP contribution in [0.15, 0.2) is 18.2 Å². The van der Waals surface area contributed by atoms with E-state index in [-0.39, 0.29) is 29.8 Å². The molecule has 2 heterocycles. The first-order valence-electron chi connectivity index (χ1n) is 8.29. The van der Waals surface area contributed by atoms with E-state index in [1.807, 2.05) is 32.9 Å². The summed E-state index contributed by atoms with van der Waals surface area (Å²) in [6.45, 7) is 7.12. The number of rotatable bonds is 3. The number of carbonyl (C=O) groups excluding carboxylic acids is 2. The van der Waals surface area contributed by atoms with Gasteiger partial charge in [0.05, 0.1) is 18.6 Å². The molecule has 0 aromatic heterocycles. The lowest BCUT2D eigenvalue weighted by atomic mass is 9.97. The van der Waals surface area contributed by atoms with E-state index in [0.717, 1.165) is 23.3 Å². The van der Waals surface area contributed by atoms with Crippen LogP contribution in [0.4, 0.5) is 0 Å². The summed E-state index contributed by atoms with van der Waals surface area (Å²) in [5.41, 5.74) is 2.19. The first-order valence-corrected chi connectivity index (χ1v) is 8.29. The first-order chi connectivity index (χ1) is 11.0. The molecule has 2 unspecified atom stereocenters.